The maximum absolute atomic E-state index is 11.9. The fourth-order valence-corrected chi connectivity index (χ4v) is 2.50. The first-order chi connectivity index (χ1) is 11.1. The summed E-state index contributed by atoms with van der Waals surface area (Å²) in [6.45, 7) is 0.464. The fraction of sp³-hybridized carbons (Fsp3) is 0.562. The molecule has 1 saturated carbocycles. The number of amides is 2. The summed E-state index contributed by atoms with van der Waals surface area (Å²) in [5, 5.41) is 11.4. The number of aliphatic carboxylic acids is 1. The zero-order chi connectivity index (χ0) is 16.7. The van der Waals surface area contributed by atoms with E-state index in [1.165, 1.54) is 17.7 Å². The molecule has 0 spiro atoms. The van der Waals surface area contributed by atoms with Gasteiger partial charge in [0.2, 0.25) is 5.88 Å². The Morgan fingerprint density at radius 2 is 2.17 bits per heavy atom. The van der Waals surface area contributed by atoms with Crippen molar-refractivity contribution in [2.75, 3.05) is 13.6 Å². The van der Waals surface area contributed by atoms with Crippen LogP contribution in [0.15, 0.2) is 18.3 Å². The third-order valence-electron chi connectivity index (χ3n) is 3.87. The highest BCUT2D eigenvalue weighted by Crippen LogP contribution is 2.24. The Balaban J connectivity index is 1.87. The van der Waals surface area contributed by atoms with E-state index in [0.717, 1.165) is 18.4 Å². The molecule has 1 aliphatic rings. The van der Waals surface area contributed by atoms with Crippen LogP contribution in [-0.2, 0) is 11.3 Å². The molecule has 126 valence electrons. The van der Waals surface area contributed by atoms with Crippen LogP contribution in [0.2, 0.25) is 0 Å². The van der Waals surface area contributed by atoms with Crippen LogP contribution >= 0.6 is 0 Å². The normalized spacial score (nSPS) is 14.5. The number of urea groups is 1. The second kappa shape index (κ2) is 8.36. The van der Waals surface area contributed by atoms with Gasteiger partial charge in [-0.05, 0) is 31.7 Å². The van der Waals surface area contributed by atoms with E-state index in [2.05, 4.69) is 10.3 Å². The van der Waals surface area contributed by atoms with Gasteiger partial charge >= 0.3 is 12.0 Å². The number of hydrogen-bond donors (Lipinski definition) is 2. The number of ether oxygens (including phenoxy) is 1. The van der Waals surface area contributed by atoms with Crippen molar-refractivity contribution in [3.05, 3.63) is 23.9 Å². The van der Waals surface area contributed by atoms with Crippen LogP contribution in [0.25, 0.3) is 0 Å². The zero-order valence-corrected chi connectivity index (χ0v) is 13.3. The van der Waals surface area contributed by atoms with Crippen molar-refractivity contribution in [3.8, 4) is 5.88 Å². The van der Waals surface area contributed by atoms with Crippen molar-refractivity contribution in [2.24, 2.45) is 0 Å². The molecule has 0 atom stereocenters. The zero-order valence-electron chi connectivity index (χ0n) is 13.3. The summed E-state index contributed by atoms with van der Waals surface area (Å²) in [6.07, 6.45) is 6.25. The van der Waals surface area contributed by atoms with Gasteiger partial charge in [-0.25, -0.2) is 9.78 Å². The van der Waals surface area contributed by atoms with E-state index in [0.29, 0.717) is 12.4 Å². The van der Waals surface area contributed by atoms with Crippen molar-refractivity contribution in [3.63, 3.8) is 0 Å². The second-order valence-electron chi connectivity index (χ2n) is 5.72. The van der Waals surface area contributed by atoms with Crippen LogP contribution in [0, 0.1) is 0 Å². The third-order valence-corrected chi connectivity index (χ3v) is 3.87. The molecule has 2 amide bonds. The summed E-state index contributed by atoms with van der Waals surface area (Å²) in [5.41, 5.74) is 0.819. The van der Waals surface area contributed by atoms with E-state index < -0.39 is 5.97 Å². The molecule has 0 aliphatic heterocycles. The third kappa shape index (κ3) is 5.43. The molecule has 0 unspecified atom stereocenters. The Morgan fingerprint density at radius 3 is 2.87 bits per heavy atom. The number of rotatable bonds is 7. The summed E-state index contributed by atoms with van der Waals surface area (Å²) in [7, 11) is 1.57. The number of carbonyl (C=O) groups is 2. The van der Waals surface area contributed by atoms with Gasteiger partial charge in [0, 0.05) is 31.9 Å². The minimum Gasteiger partial charge on any atom is -0.481 e. The lowest BCUT2D eigenvalue weighted by molar-refractivity contribution is -0.137. The lowest BCUT2D eigenvalue weighted by atomic mass is 10.2. The molecule has 0 bridgehead atoms. The summed E-state index contributed by atoms with van der Waals surface area (Å²) < 4.78 is 5.92. The minimum atomic E-state index is -0.927. The number of nitrogens with zero attached hydrogens (tertiary/aromatic N) is 2. The Bertz CT molecular complexity index is 544. The van der Waals surface area contributed by atoms with E-state index in [-0.39, 0.29) is 25.1 Å². The quantitative estimate of drug-likeness (QED) is 0.801. The van der Waals surface area contributed by atoms with Crippen LogP contribution in [0.3, 0.4) is 0 Å². The molecule has 7 heteroatoms. The predicted molar refractivity (Wildman–Crippen MR) is 84.2 cm³/mol. The molecule has 1 aliphatic carbocycles. The van der Waals surface area contributed by atoms with Crippen molar-refractivity contribution < 1.29 is 19.4 Å². The van der Waals surface area contributed by atoms with Crippen LogP contribution in [0.4, 0.5) is 4.79 Å². The number of carbonyl (C=O) groups excluding carboxylic acids is 1. The lowest BCUT2D eigenvalue weighted by Gasteiger charge is -2.18. The number of nitrogens with one attached hydrogen (secondary N) is 1. The molecule has 0 saturated heterocycles. The monoisotopic (exact) mass is 321 g/mol. The van der Waals surface area contributed by atoms with E-state index in [1.807, 2.05) is 6.07 Å². The smallest absolute Gasteiger partial charge is 0.317 e. The van der Waals surface area contributed by atoms with Crippen molar-refractivity contribution >= 4 is 12.0 Å². The maximum Gasteiger partial charge on any atom is 0.317 e. The first kappa shape index (κ1) is 17.1. The molecule has 23 heavy (non-hydrogen) atoms. The summed E-state index contributed by atoms with van der Waals surface area (Å²) in [5.74, 6) is -0.364. The van der Waals surface area contributed by atoms with Crippen molar-refractivity contribution in [2.45, 2.75) is 44.8 Å². The Labute approximate surface area is 135 Å². The average Bonchev–Trinajstić information content (AvgIpc) is 3.04. The SMILES string of the molecule is CN(CCC(=O)O)C(=O)NCc1cccnc1OC1CCCC1. The number of hydrogen-bond acceptors (Lipinski definition) is 4. The van der Waals surface area contributed by atoms with Crippen LogP contribution < -0.4 is 10.1 Å². The van der Waals surface area contributed by atoms with E-state index in [1.54, 1.807) is 19.3 Å². The van der Waals surface area contributed by atoms with E-state index in [4.69, 9.17) is 9.84 Å². The second-order valence-corrected chi connectivity index (χ2v) is 5.72. The van der Waals surface area contributed by atoms with Crippen molar-refractivity contribution in [1.29, 1.82) is 0 Å². The highest BCUT2D eigenvalue weighted by molar-refractivity contribution is 5.75. The van der Waals surface area contributed by atoms with Crippen molar-refractivity contribution in [1.82, 2.24) is 15.2 Å². The average molecular weight is 321 g/mol. The van der Waals surface area contributed by atoms with E-state index in [9.17, 15) is 9.59 Å². The van der Waals surface area contributed by atoms with Gasteiger partial charge in [-0.2, -0.15) is 0 Å². The number of aromatic nitrogens is 1. The number of carboxylic acids is 1. The van der Waals surface area contributed by atoms with Gasteiger partial charge < -0.3 is 20.1 Å². The fourth-order valence-electron chi connectivity index (χ4n) is 2.50. The van der Waals surface area contributed by atoms with Gasteiger partial charge in [-0.15, -0.1) is 0 Å². The van der Waals surface area contributed by atoms with E-state index >= 15 is 0 Å². The molecule has 1 aromatic heterocycles. The molecular weight excluding hydrogens is 298 g/mol. The minimum absolute atomic E-state index is 0.0765. The molecule has 2 rings (SSSR count). The number of carboxylic acid groups (broad SMARTS) is 1. The molecule has 1 fully saturated rings. The van der Waals surface area contributed by atoms with Gasteiger partial charge in [-0.1, -0.05) is 6.07 Å². The molecule has 0 aromatic carbocycles. The van der Waals surface area contributed by atoms with Gasteiger partial charge in [0.25, 0.3) is 0 Å². The van der Waals surface area contributed by atoms with Crippen LogP contribution in [0.5, 0.6) is 5.88 Å². The lowest BCUT2D eigenvalue weighted by Crippen LogP contribution is -2.38. The highest BCUT2D eigenvalue weighted by Gasteiger charge is 2.19. The summed E-state index contributed by atoms with van der Waals surface area (Å²) in [4.78, 5) is 28.1. The molecule has 1 heterocycles. The molecule has 2 N–H and O–H groups in total. The molecule has 1 aromatic rings. The number of pyridine rings is 1. The maximum atomic E-state index is 11.9. The molecular formula is C16H23N3O4. The van der Waals surface area contributed by atoms with Gasteiger partial charge in [0.1, 0.15) is 6.10 Å². The standard InChI is InChI=1S/C16H23N3O4/c1-19(10-8-14(20)21)16(22)18-11-12-5-4-9-17-15(12)23-13-6-2-3-7-13/h4-5,9,13H,2-3,6-8,10-11H2,1H3,(H,18,22)(H,20,21). The highest BCUT2D eigenvalue weighted by atomic mass is 16.5. The first-order valence-electron chi connectivity index (χ1n) is 7.87. The van der Waals surface area contributed by atoms with Crippen LogP contribution in [-0.4, -0.2) is 46.7 Å². The first-order valence-corrected chi connectivity index (χ1v) is 7.87. The van der Waals surface area contributed by atoms with Gasteiger partial charge in [0.15, 0.2) is 0 Å². The van der Waals surface area contributed by atoms with Gasteiger partial charge in [0.05, 0.1) is 6.42 Å². The molecule has 7 nitrogen and oxygen atoms in total. The van der Waals surface area contributed by atoms with Gasteiger partial charge in [-0.3, -0.25) is 4.79 Å². The Hall–Kier alpha value is -2.31. The van der Waals surface area contributed by atoms with Crippen LogP contribution in [0.1, 0.15) is 37.7 Å². The topological polar surface area (TPSA) is 91.8 Å². The predicted octanol–water partition coefficient (Wildman–Crippen LogP) is 2.02. The largest absolute Gasteiger partial charge is 0.481 e. The Morgan fingerprint density at radius 1 is 1.43 bits per heavy atom. The summed E-state index contributed by atoms with van der Waals surface area (Å²) in [6, 6.07) is 3.35. The molecule has 0 radical (unpaired) electrons. The summed E-state index contributed by atoms with van der Waals surface area (Å²) >= 11 is 0. The Kier molecular flexibility index (Phi) is 6.19.